The van der Waals surface area contributed by atoms with Crippen molar-refractivity contribution < 1.29 is 13.2 Å². The van der Waals surface area contributed by atoms with Gasteiger partial charge in [-0.05, 0) is 95.1 Å². The van der Waals surface area contributed by atoms with Crippen molar-refractivity contribution >= 4 is 43.6 Å². The van der Waals surface area contributed by atoms with E-state index in [4.69, 9.17) is 4.98 Å². The number of nitrogens with zero attached hydrogens (tertiary/aromatic N) is 5. The Hall–Kier alpha value is -8.72. The Morgan fingerprint density at radius 1 is 0.391 bits per heavy atom. The number of hydrogen-bond acceptors (Lipinski definition) is 3. The van der Waals surface area contributed by atoms with Crippen molar-refractivity contribution in [3.63, 3.8) is 0 Å². The number of halogens is 3. The summed E-state index contributed by atoms with van der Waals surface area (Å²) in [4.78, 5) is 4.89. The summed E-state index contributed by atoms with van der Waals surface area (Å²) in [6.45, 7) is 0. The highest BCUT2D eigenvalue weighted by atomic mass is 19.4. The molecule has 0 aliphatic carbocycles. The largest absolute Gasteiger partial charge is 0.417 e. The van der Waals surface area contributed by atoms with Crippen LogP contribution in [0.15, 0.2) is 194 Å². The van der Waals surface area contributed by atoms with Crippen molar-refractivity contribution in [2.24, 2.45) is 0 Å². The molecule has 0 fully saturated rings. The van der Waals surface area contributed by atoms with Gasteiger partial charge >= 0.3 is 6.18 Å². The Balaban J connectivity index is 1.27. The molecule has 3 heterocycles. The molecule has 0 radical (unpaired) electrons. The summed E-state index contributed by atoms with van der Waals surface area (Å²) in [6.07, 6.45) is -4.77. The zero-order valence-electron chi connectivity index (χ0n) is 33.8. The van der Waals surface area contributed by atoms with Gasteiger partial charge in [-0.1, -0.05) is 121 Å². The molecule has 0 atom stereocenters. The van der Waals surface area contributed by atoms with Gasteiger partial charge in [-0.2, -0.15) is 23.7 Å². The molecule has 8 heteroatoms. The molecule has 0 amide bonds. The lowest BCUT2D eigenvalue weighted by molar-refractivity contribution is -0.137. The number of alkyl halides is 3. The smallest absolute Gasteiger partial charge is 0.307 e. The first kappa shape index (κ1) is 38.2. The third kappa shape index (κ3) is 6.36. The standard InChI is InChI=1S/C56H32F3N5/c57-56(58,59)47-32-55(64-51-16-7-5-12-43(51)45-28-26-41(30-53(45)64)38-23-19-36(34-61)20-24-38)54(31-46(47)49-14-8-13-48(62-49)39-9-2-1-3-10-39)63-50-15-6-4-11-42(50)44-27-25-40(29-52(44)63)37-21-17-35(33-60)18-22-37/h1-32H. The average Bonchev–Trinajstić information content (AvgIpc) is 3.85. The Morgan fingerprint density at radius 3 is 1.36 bits per heavy atom. The number of pyridine rings is 1. The highest BCUT2D eigenvalue weighted by Crippen LogP contribution is 2.45. The van der Waals surface area contributed by atoms with Crippen LogP contribution in [-0.2, 0) is 6.18 Å². The van der Waals surface area contributed by atoms with Gasteiger partial charge in [-0.15, -0.1) is 0 Å². The van der Waals surface area contributed by atoms with Crippen molar-refractivity contribution in [1.29, 1.82) is 10.5 Å². The van der Waals surface area contributed by atoms with Gasteiger partial charge in [-0.25, -0.2) is 4.98 Å². The summed E-state index contributed by atoms with van der Waals surface area (Å²) >= 11 is 0. The van der Waals surface area contributed by atoms with Gasteiger partial charge in [0, 0.05) is 32.7 Å². The number of rotatable bonds is 6. The van der Waals surface area contributed by atoms with Crippen molar-refractivity contribution in [3.05, 3.63) is 211 Å². The minimum absolute atomic E-state index is 0.0581. The van der Waals surface area contributed by atoms with Gasteiger partial charge in [-0.3, -0.25) is 0 Å². The second-order valence-corrected chi connectivity index (χ2v) is 15.7. The summed E-state index contributed by atoms with van der Waals surface area (Å²) in [5.41, 5.74) is 9.11. The number of para-hydroxylation sites is 2. The van der Waals surface area contributed by atoms with Crippen LogP contribution in [0.4, 0.5) is 13.2 Å². The summed E-state index contributed by atoms with van der Waals surface area (Å²) < 4.78 is 51.8. The number of hydrogen-bond donors (Lipinski definition) is 0. The quantitative estimate of drug-likeness (QED) is 0.168. The molecular formula is C56H32F3N5. The molecule has 11 rings (SSSR count). The van der Waals surface area contributed by atoms with Crippen LogP contribution < -0.4 is 0 Å². The zero-order valence-corrected chi connectivity index (χ0v) is 33.8. The molecule has 0 aliphatic rings. The van der Waals surface area contributed by atoms with Crippen LogP contribution in [-0.4, -0.2) is 14.1 Å². The Bertz CT molecular complexity index is 3720. The topological polar surface area (TPSA) is 70.3 Å². The fourth-order valence-corrected chi connectivity index (χ4v) is 9.03. The maximum atomic E-state index is 15.9. The van der Waals surface area contributed by atoms with Crippen LogP contribution in [0.25, 0.3) is 99.8 Å². The van der Waals surface area contributed by atoms with Crippen molar-refractivity contribution in [2.75, 3.05) is 0 Å². The molecule has 0 spiro atoms. The lowest BCUT2D eigenvalue weighted by Gasteiger charge is -2.22. The second kappa shape index (κ2) is 15.0. The van der Waals surface area contributed by atoms with E-state index in [2.05, 4.69) is 28.8 Å². The molecule has 5 nitrogen and oxygen atoms in total. The molecule has 0 saturated carbocycles. The number of benzene rings is 8. The van der Waals surface area contributed by atoms with E-state index in [9.17, 15) is 10.5 Å². The van der Waals surface area contributed by atoms with Crippen LogP contribution >= 0.6 is 0 Å². The summed E-state index contributed by atoms with van der Waals surface area (Å²) in [5, 5.41) is 22.6. The first-order valence-corrected chi connectivity index (χ1v) is 20.6. The van der Waals surface area contributed by atoms with E-state index in [1.54, 1.807) is 42.5 Å². The first-order chi connectivity index (χ1) is 31.3. The van der Waals surface area contributed by atoms with Crippen LogP contribution in [0.5, 0.6) is 0 Å². The van der Waals surface area contributed by atoms with Gasteiger partial charge in [0.05, 0.1) is 73.7 Å². The normalized spacial score (nSPS) is 11.6. The van der Waals surface area contributed by atoms with Crippen LogP contribution in [0.2, 0.25) is 0 Å². The van der Waals surface area contributed by atoms with Gasteiger partial charge in [0.15, 0.2) is 0 Å². The summed E-state index contributed by atoms with van der Waals surface area (Å²) in [7, 11) is 0. The van der Waals surface area contributed by atoms with E-state index in [1.807, 2.05) is 138 Å². The maximum Gasteiger partial charge on any atom is 0.417 e. The van der Waals surface area contributed by atoms with Crippen molar-refractivity contribution in [1.82, 2.24) is 14.1 Å². The molecule has 64 heavy (non-hydrogen) atoms. The van der Waals surface area contributed by atoms with E-state index in [1.165, 1.54) is 6.07 Å². The highest BCUT2D eigenvalue weighted by molar-refractivity contribution is 6.13. The predicted octanol–water partition coefficient (Wildman–Crippen LogP) is 14.7. The second-order valence-electron chi connectivity index (χ2n) is 15.7. The predicted molar refractivity (Wildman–Crippen MR) is 249 cm³/mol. The van der Waals surface area contributed by atoms with Crippen LogP contribution in [0, 0.1) is 22.7 Å². The first-order valence-electron chi connectivity index (χ1n) is 20.6. The van der Waals surface area contributed by atoms with Crippen LogP contribution in [0.1, 0.15) is 16.7 Å². The number of nitriles is 2. The summed E-state index contributed by atoms with van der Waals surface area (Å²) in [6, 6.07) is 64.5. The Morgan fingerprint density at radius 2 is 0.844 bits per heavy atom. The minimum atomic E-state index is -4.77. The molecule has 0 bridgehead atoms. The van der Waals surface area contributed by atoms with E-state index >= 15 is 13.2 Å². The van der Waals surface area contributed by atoms with Crippen molar-refractivity contribution in [2.45, 2.75) is 6.18 Å². The van der Waals surface area contributed by atoms with Gasteiger partial charge < -0.3 is 9.13 Å². The molecule has 0 unspecified atom stereocenters. The SMILES string of the molecule is N#Cc1ccc(-c2ccc3c4ccccc4n(-c4cc(-c5cccc(-c6ccccc6)n5)c(C(F)(F)F)cc4-n4c5ccccc5c5ccc(-c6ccc(C#N)cc6)cc54)c3c2)cc1. The number of aromatic nitrogens is 3. The molecule has 0 N–H and O–H groups in total. The van der Waals surface area contributed by atoms with Gasteiger partial charge in [0.1, 0.15) is 0 Å². The minimum Gasteiger partial charge on any atom is -0.307 e. The molecule has 3 aromatic heterocycles. The fraction of sp³-hybridized carbons (Fsp3) is 0.0179. The van der Waals surface area contributed by atoms with Crippen molar-refractivity contribution in [3.8, 4) is 68.3 Å². The lowest BCUT2D eigenvalue weighted by atomic mass is 9.99. The fourth-order valence-electron chi connectivity index (χ4n) is 9.03. The summed E-state index contributed by atoms with van der Waals surface area (Å²) in [5.74, 6) is 0. The van der Waals surface area contributed by atoms with E-state index in [-0.39, 0.29) is 11.3 Å². The zero-order chi connectivity index (χ0) is 43.5. The molecule has 0 aliphatic heterocycles. The van der Waals surface area contributed by atoms with E-state index in [0.29, 0.717) is 33.7 Å². The average molecular weight is 832 g/mol. The Labute approximate surface area is 365 Å². The third-order valence-corrected chi connectivity index (χ3v) is 12.0. The molecular weight excluding hydrogens is 800 g/mol. The van der Waals surface area contributed by atoms with Gasteiger partial charge in [0.2, 0.25) is 0 Å². The number of fused-ring (bicyclic) bond motifs is 6. The maximum absolute atomic E-state index is 15.9. The monoisotopic (exact) mass is 831 g/mol. The van der Waals surface area contributed by atoms with E-state index < -0.39 is 11.7 Å². The highest BCUT2D eigenvalue weighted by Gasteiger charge is 2.36. The molecule has 0 saturated heterocycles. The van der Waals surface area contributed by atoms with Gasteiger partial charge in [0.25, 0.3) is 0 Å². The molecule has 11 aromatic rings. The Kier molecular flexibility index (Phi) is 8.97. The third-order valence-electron chi connectivity index (χ3n) is 12.0. The molecule has 302 valence electrons. The molecule has 8 aromatic carbocycles. The van der Waals surface area contributed by atoms with Crippen LogP contribution in [0.3, 0.4) is 0 Å². The lowest BCUT2D eigenvalue weighted by Crippen LogP contribution is -2.12. The van der Waals surface area contributed by atoms with E-state index in [0.717, 1.165) is 65.9 Å².